The van der Waals surface area contributed by atoms with Crippen molar-refractivity contribution in [3.8, 4) is 0 Å². The molecule has 1 heterocycles. The van der Waals surface area contributed by atoms with Gasteiger partial charge in [0.2, 0.25) is 0 Å². The van der Waals surface area contributed by atoms with E-state index in [1.807, 2.05) is 31.3 Å². The number of nitrogens with one attached hydrogen (secondary N) is 2. The van der Waals surface area contributed by atoms with Crippen molar-refractivity contribution >= 4 is 41.5 Å². The monoisotopic (exact) mass is 521 g/mol. The van der Waals surface area contributed by atoms with Crippen LogP contribution < -0.4 is 15.5 Å². The number of amides is 1. The summed E-state index contributed by atoms with van der Waals surface area (Å²) in [5, 5.41) is 6.11. The quantitative estimate of drug-likeness (QED) is 0.369. The molecule has 2 aromatic carbocycles. The van der Waals surface area contributed by atoms with Gasteiger partial charge in [-0.25, -0.2) is 0 Å². The number of rotatable bonds is 4. The molecular weight excluding hydrogens is 489 g/mol. The molecule has 1 fully saturated rings. The van der Waals surface area contributed by atoms with E-state index in [1.165, 1.54) is 16.8 Å². The molecule has 0 unspecified atom stereocenters. The maximum atomic E-state index is 11.8. The van der Waals surface area contributed by atoms with E-state index in [-0.39, 0.29) is 29.9 Å². The van der Waals surface area contributed by atoms with Crippen molar-refractivity contribution < 1.29 is 4.79 Å². The largest absolute Gasteiger partial charge is 0.368 e. The van der Waals surface area contributed by atoms with Gasteiger partial charge in [-0.2, -0.15) is 0 Å². The molecule has 1 aliphatic rings. The maximum Gasteiger partial charge on any atom is 0.251 e. The molecule has 0 aromatic heterocycles. The summed E-state index contributed by atoms with van der Waals surface area (Å²) >= 11 is 0. The zero-order valence-electron chi connectivity index (χ0n) is 18.2. The molecule has 2 aromatic rings. The van der Waals surface area contributed by atoms with Crippen LogP contribution >= 0.6 is 24.0 Å². The van der Waals surface area contributed by atoms with E-state index in [0.29, 0.717) is 12.1 Å². The number of guanidine groups is 1. The van der Waals surface area contributed by atoms with Crippen LogP contribution in [0.25, 0.3) is 0 Å². The predicted molar refractivity (Wildman–Crippen MR) is 135 cm³/mol. The molecule has 1 aliphatic heterocycles. The third-order valence-electron chi connectivity index (χ3n) is 5.57. The fraction of sp³-hybridized carbons (Fsp3) is 0.391. The number of nitrogens with zero attached hydrogens (tertiary/aromatic N) is 3. The summed E-state index contributed by atoms with van der Waals surface area (Å²) in [5.74, 6) is 0.828. The van der Waals surface area contributed by atoms with Gasteiger partial charge >= 0.3 is 0 Å². The summed E-state index contributed by atoms with van der Waals surface area (Å²) < 4.78 is 0. The van der Waals surface area contributed by atoms with Crippen LogP contribution in [-0.4, -0.2) is 57.0 Å². The number of benzene rings is 2. The SMILES string of the molecule is CN=C(NCc1cccc(C(=O)NC)c1)N1CCN(c2cccc(C)c2C)CC1.I. The number of halogens is 1. The van der Waals surface area contributed by atoms with E-state index in [9.17, 15) is 4.79 Å². The maximum absolute atomic E-state index is 11.8. The first kappa shape index (κ1) is 24.0. The Kier molecular flexibility index (Phi) is 8.95. The number of carbonyl (C=O) groups excluding carboxylic acids is 1. The first-order valence-corrected chi connectivity index (χ1v) is 10.1. The van der Waals surface area contributed by atoms with E-state index in [1.54, 1.807) is 7.05 Å². The fourth-order valence-electron chi connectivity index (χ4n) is 3.72. The topological polar surface area (TPSA) is 60.0 Å². The van der Waals surface area contributed by atoms with Gasteiger partial charge in [0.25, 0.3) is 5.91 Å². The zero-order chi connectivity index (χ0) is 20.8. The van der Waals surface area contributed by atoms with Gasteiger partial charge in [-0.15, -0.1) is 24.0 Å². The second kappa shape index (κ2) is 11.2. The van der Waals surface area contributed by atoms with E-state index in [4.69, 9.17) is 0 Å². The number of hydrogen-bond donors (Lipinski definition) is 2. The molecule has 30 heavy (non-hydrogen) atoms. The highest BCUT2D eigenvalue weighted by Gasteiger charge is 2.21. The Morgan fingerprint density at radius 2 is 1.77 bits per heavy atom. The number of aliphatic imine (C=N–C) groups is 1. The van der Waals surface area contributed by atoms with Crippen LogP contribution in [0.4, 0.5) is 5.69 Å². The van der Waals surface area contributed by atoms with Gasteiger partial charge in [0.15, 0.2) is 5.96 Å². The molecule has 0 atom stereocenters. The van der Waals surface area contributed by atoms with Crippen molar-refractivity contribution in [3.05, 3.63) is 64.7 Å². The predicted octanol–water partition coefficient (Wildman–Crippen LogP) is 3.18. The molecule has 0 radical (unpaired) electrons. The lowest BCUT2D eigenvalue weighted by molar-refractivity contribution is 0.0963. The van der Waals surface area contributed by atoms with Crippen LogP contribution in [0.2, 0.25) is 0 Å². The van der Waals surface area contributed by atoms with Crippen molar-refractivity contribution in [2.75, 3.05) is 45.2 Å². The third-order valence-corrected chi connectivity index (χ3v) is 5.57. The standard InChI is InChI=1S/C23H31N5O.HI/c1-17-7-5-10-21(18(17)2)27-11-13-28(14-12-27)23(25-4)26-16-19-8-6-9-20(15-19)22(29)24-3;/h5-10,15H,11-14,16H2,1-4H3,(H,24,29)(H,25,26);1H. The van der Waals surface area contributed by atoms with Crippen molar-refractivity contribution in [1.29, 1.82) is 0 Å². The number of piperazine rings is 1. The van der Waals surface area contributed by atoms with Crippen LogP contribution in [0.5, 0.6) is 0 Å². The lowest BCUT2D eigenvalue weighted by atomic mass is 10.1. The zero-order valence-corrected chi connectivity index (χ0v) is 20.6. The van der Waals surface area contributed by atoms with E-state index >= 15 is 0 Å². The molecule has 0 bridgehead atoms. The number of anilines is 1. The normalized spacial score (nSPS) is 14.2. The first-order valence-electron chi connectivity index (χ1n) is 10.1. The summed E-state index contributed by atoms with van der Waals surface area (Å²) in [6, 6.07) is 14.2. The number of aryl methyl sites for hydroxylation is 1. The molecule has 0 spiro atoms. The van der Waals surface area contributed by atoms with Gasteiger partial charge in [-0.3, -0.25) is 9.79 Å². The van der Waals surface area contributed by atoms with Gasteiger partial charge in [-0.1, -0.05) is 24.3 Å². The van der Waals surface area contributed by atoms with E-state index in [2.05, 4.69) is 57.5 Å². The van der Waals surface area contributed by atoms with Gasteiger partial charge < -0.3 is 20.4 Å². The molecule has 162 valence electrons. The minimum absolute atomic E-state index is 0. The van der Waals surface area contributed by atoms with Gasteiger partial charge in [0.05, 0.1) is 0 Å². The average Bonchev–Trinajstić information content (AvgIpc) is 2.76. The highest BCUT2D eigenvalue weighted by molar-refractivity contribution is 14.0. The van der Waals surface area contributed by atoms with E-state index in [0.717, 1.165) is 37.7 Å². The Labute approximate surface area is 196 Å². The molecule has 0 aliphatic carbocycles. The minimum Gasteiger partial charge on any atom is -0.368 e. The third kappa shape index (κ3) is 5.65. The number of carbonyl (C=O) groups is 1. The van der Waals surface area contributed by atoms with Crippen LogP contribution in [0.1, 0.15) is 27.0 Å². The molecular formula is C23H32IN5O. The second-order valence-electron chi connectivity index (χ2n) is 7.37. The lowest BCUT2D eigenvalue weighted by Crippen LogP contribution is -2.52. The average molecular weight is 521 g/mol. The summed E-state index contributed by atoms with van der Waals surface area (Å²) in [7, 11) is 3.47. The summed E-state index contributed by atoms with van der Waals surface area (Å²) in [5.41, 5.74) is 5.75. The van der Waals surface area contributed by atoms with Crippen molar-refractivity contribution in [1.82, 2.24) is 15.5 Å². The Bertz CT molecular complexity index is 891. The highest BCUT2D eigenvalue weighted by Crippen LogP contribution is 2.23. The number of hydrogen-bond acceptors (Lipinski definition) is 3. The molecule has 1 amide bonds. The van der Waals surface area contributed by atoms with Crippen LogP contribution in [0, 0.1) is 13.8 Å². The van der Waals surface area contributed by atoms with E-state index < -0.39 is 0 Å². The van der Waals surface area contributed by atoms with Gasteiger partial charge in [0.1, 0.15) is 0 Å². The summed E-state index contributed by atoms with van der Waals surface area (Å²) in [6.45, 7) is 8.78. The smallest absolute Gasteiger partial charge is 0.251 e. The van der Waals surface area contributed by atoms with Crippen LogP contribution in [-0.2, 0) is 6.54 Å². The molecule has 1 saturated heterocycles. The van der Waals surface area contributed by atoms with Gasteiger partial charge in [0, 0.05) is 58.1 Å². The van der Waals surface area contributed by atoms with Crippen molar-refractivity contribution in [3.63, 3.8) is 0 Å². The Morgan fingerprint density at radius 1 is 1.07 bits per heavy atom. The molecule has 7 heteroatoms. The van der Waals surface area contributed by atoms with Crippen molar-refractivity contribution in [2.45, 2.75) is 20.4 Å². The summed E-state index contributed by atoms with van der Waals surface area (Å²) in [4.78, 5) is 21.0. The minimum atomic E-state index is -0.0706. The summed E-state index contributed by atoms with van der Waals surface area (Å²) in [6.07, 6.45) is 0. The fourth-order valence-corrected chi connectivity index (χ4v) is 3.72. The Morgan fingerprint density at radius 3 is 2.43 bits per heavy atom. The molecule has 6 nitrogen and oxygen atoms in total. The van der Waals surface area contributed by atoms with Gasteiger partial charge in [-0.05, 0) is 48.7 Å². The Balaban J connectivity index is 0.00000320. The van der Waals surface area contributed by atoms with Crippen molar-refractivity contribution in [2.24, 2.45) is 4.99 Å². The van der Waals surface area contributed by atoms with Crippen LogP contribution in [0.3, 0.4) is 0 Å². The molecule has 3 rings (SSSR count). The molecule has 0 saturated carbocycles. The molecule has 2 N–H and O–H groups in total. The van der Waals surface area contributed by atoms with Crippen LogP contribution in [0.15, 0.2) is 47.5 Å². The lowest BCUT2D eigenvalue weighted by Gasteiger charge is -2.38. The second-order valence-corrected chi connectivity index (χ2v) is 7.37. The first-order chi connectivity index (χ1) is 14.0. The Hall–Kier alpha value is -2.29. The highest BCUT2D eigenvalue weighted by atomic mass is 127.